The minimum atomic E-state index is -1.28. The molecule has 0 fully saturated rings. The Morgan fingerprint density at radius 2 is 2.12 bits per heavy atom. The van der Waals surface area contributed by atoms with Crippen molar-refractivity contribution in [3.05, 3.63) is 28.8 Å². The van der Waals surface area contributed by atoms with Crippen molar-refractivity contribution >= 4 is 29.5 Å². The summed E-state index contributed by atoms with van der Waals surface area (Å²) in [5.41, 5.74) is 0.176. The fourth-order valence-electron chi connectivity index (χ4n) is 1.51. The lowest BCUT2D eigenvalue weighted by Gasteiger charge is -2.05. The van der Waals surface area contributed by atoms with E-state index in [0.717, 1.165) is 0 Å². The molecule has 0 bridgehead atoms. The Morgan fingerprint density at radius 3 is 2.81 bits per heavy atom. The van der Waals surface area contributed by atoms with E-state index in [4.69, 9.17) is 16.3 Å². The molecule has 0 radical (unpaired) electrons. The highest BCUT2D eigenvalue weighted by atomic mass is 35.5. The van der Waals surface area contributed by atoms with Gasteiger partial charge in [-0.15, -0.1) is 0 Å². The van der Waals surface area contributed by atoms with Crippen LogP contribution in [0.5, 0.6) is 5.75 Å². The Balaban J connectivity index is 2.54. The maximum Gasteiger partial charge on any atom is 0.188 e. The first kappa shape index (κ1) is 10.8. The Bertz CT molecular complexity index is 481. The molecule has 1 heterocycles. The molecule has 1 aliphatic rings. The summed E-state index contributed by atoms with van der Waals surface area (Å²) < 4.78 is 5.13. The van der Waals surface area contributed by atoms with Gasteiger partial charge in [-0.25, -0.2) is 0 Å². The SMILES string of the molecule is O=CC1C(=O)COc2ccc(Cl)cc2C1=O. The second-order valence-electron chi connectivity index (χ2n) is 3.37. The van der Waals surface area contributed by atoms with Crippen molar-refractivity contribution in [3.8, 4) is 5.75 Å². The van der Waals surface area contributed by atoms with Gasteiger partial charge in [0.25, 0.3) is 0 Å². The van der Waals surface area contributed by atoms with Crippen LogP contribution in [0.1, 0.15) is 10.4 Å². The molecule has 1 aromatic carbocycles. The molecule has 5 heteroatoms. The van der Waals surface area contributed by atoms with E-state index >= 15 is 0 Å². The number of rotatable bonds is 1. The molecular weight excluding hydrogens is 232 g/mol. The normalized spacial score (nSPS) is 19.7. The van der Waals surface area contributed by atoms with Crippen molar-refractivity contribution in [1.29, 1.82) is 0 Å². The molecule has 0 spiro atoms. The summed E-state index contributed by atoms with van der Waals surface area (Å²) in [4.78, 5) is 33.9. The van der Waals surface area contributed by atoms with E-state index in [1.165, 1.54) is 12.1 Å². The van der Waals surface area contributed by atoms with E-state index in [0.29, 0.717) is 11.3 Å². The number of ketones is 2. The second kappa shape index (κ2) is 4.06. The van der Waals surface area contributed by atoms with Crippen LogP contribution in [0.3, 0.4) is 0 Å². The molecule has 82 valence electrons. The zero-order valence-electron chi connectivity index (χ0n) is 8.10. The van der Waals surface area contributed by atoms with Crippen LogP contribution in [0.25, 0.3) is 0 Å². The third-order valence-corrected chi connectivity index (χ3v) is 2.58. The van der Waals surface area contributed by atoms with Gasteiger partial charge in [-0.1, -0.05) is 11.6 Å². The van der Waals surface area contributed by atoms with Gasteiger partial charge in [0.05, 0.1) is 5.56 Å². The fraction of sp³-hybridized carbons (Fsp3) is 0.182. The quantitative estimate of drug-likeness (QED) is 0.547. The number of carbonyl (C=O) groups is 3. The molecule has 0 aliphatic carbocycles. The van der Waals surface area contributed by atoms with Crippen molar-refractivity contribution in [3.63, 3.8) is 0 Å². The predicted octanol–water partition coefficient (Wildman–Crippen LogP) is 1.30. The third kappa shape index (κ3) is 1.72. The van der Waals surface area contributed by atoms with Crippen molar-refractivity contribution in [2.75, 3.05) is 6.61 Å². The van der Waals surface area contributed by atoms with Gasteiger partial charge in [-0.3, -0.25) is 9.59 Å². The molecular formula is C11H7ClO4. The number of aldehydes is 1. The molecule has 0 N–H and O–H groups in total. The smallest absolute Gasteiger partial charge is 0.188 e. The Hall–Kier alpha value is -1.68. The van der Waals surface area contributed by atoms with Crippen molar-refractivity contribution in [2.45, 2.75) is 0 Å². The third-order valence-electron chi connectivity index (χ3n) is 2.34. The molecule has 2 rings (SSSR count). The molecule has 0 saturated heterocycles. The number of hydrogen-bond acceptors (Lipinski definition) is 4. The minimum Gasteiger partial charge on any atom is -0.485 e. The van der Waals surface area contributed by atoms with Crippen LogP contribution in [-0.4, -0.2) is 24.5 Å². The molecule has 1 aliphatic heterocycles. The first-order valence-corrected chi connectivity index (χ1v) is 4.96. The standard InChI is InChI=1S/C11H7ClO4/c12-6-1-2-10-7(3-6)11(15)8(4-13)9(14)5-16-10/h1-4,8H,5H2. The van der Waals surface area contributed by atoms with Gasteiger partial charge in [0.1, 0.15) is 24.6 Å². The van der Waals surface area contributed by atoms with Crippen LogP contribution < -0.4 is 4.74 Å². The van der Waals surface area contributed by atoms with Crippen LogP contribution in [-0.2, 0) is 9.59 Å². The van der Waals surface area contributed by atoms with E-state index in [2.05, 4.69) is 0 Å². The zero-order chi connectivity index (χ0) is 11.7. The topological polar surface area (TPSA) is 60.4 Å². The van der Waals surface area contributed by atoms with Gasteiger partial charge in [-0.2, -0.15) is 0 Å². The maximum atomic E-state index is 11.8. The van der Waals surface area contributed by atoms with Crippen molar-refractivity contribution < 1.29 is 19.1 Å². The lowest BCUT2D eigenvalue weighted by Crippen LogP contribution is -2.26. The fourth-order valence-corrected chi connectivity index (χ4v) is 1.68. The van der Waals surface area contributed by atoms with Crippen LogP contribution in [0.4, 0.5) is 0 Å². The molecule has 0 amide bonds. The summed E-state index contributed by atoms with van der Waals surface area (Å²) in [6.45, 7) is -0.274. The Morgan fingerprint density at radius 1 is 1.38 bits per heavy atom. The van der Waals surface area contributed by atoms with Crippen LogP contribution in [0.2, 0.25) is 5.02 Å². The summed E-state index contributed by atoms with van der Waals surface area (Å²) in [6.07, 6.45) is 0.337. The lowest BCUT2D eigenvalue weighted by atomic mass is 9.96. The molecule has 4 nitrogen and oxygen atoms in total. The van der Waals surface area contributed by atoms with Crippen molar-refractivity contribution in [1.82, 2.24) is 0 Å². The average Bonchev–Trinajstić information content (AvgIpc) is 2.38. The summed E-state index contributed by atoms with van der Waals surface area (Å²) in [5, 5.41) is 0.356. The van der Waals surface area contributed by atoms with Crippen LogP contribution in [0, 0.1) is 5.92 Å². The average molecular weight is 239 g/mol. The van der Waals surface area contributed by atoms with Gasteiger partial charge in [0.2, 0.25) is 0 Å². The van der Waals surface area contributed by atoms with Gasteiger partial charge in [-0.05, 0) is 18.2 Å². The van der Waals surface area contributed by atoms with E-state index < -0.39 is 17.5 Å². The summed E-state index contributed by atoms with van der Waals surface area (Å²) in [6, 6.07) is 4.46. The maximum absolute atomic E-state index is 11.8. The number of fused-ring (bicyclic) bond motifs is 1. The highest BCUT2D eigenvalue weighted by molar-refractivity contribution is 6.31. The largest absolute Gasteiger partial charge is 0.485 e. The van der Waals surface area contributed by atoms with Crippen molar-refractivity contribution in [2.24, 2.45) is 5.92 Å². The Labute approximate surface area is 96.2 Å². The molecule has 1 unspecified atom stereocenters. The molecule has 0 aromatic heterocycles. The van der Waals surface area contributed by atoms with E-state index in [9.17, 15) is 14.4 Å². The molecule has 16 heavy (non-hydrogen) atoms. The summed E-state index contributed by atoms with van der Waals surface area (Å²) in [5.74, 6) is -2.09. The van der Waals surface area contributed by atoms with Gasteiger partial charge >= 0.3 is 0 Å². The predicted molar refractivity (Wildman–Crippen MR) is 55.8 cm³/mol. The van der Waals surface area contributed by atoms with Gasteiger partial charge < -0.3 is 9.53 Å². The summed E-state index contributed by atoms with van der Waals surface area (Å²) in [7, 11) is 0. The monoisotopic (exact) mass is 238 g/mol. The highest BCUT2D eigenvalue weighted by Crippen LogP contribution is 2.27. The number of Topliss-reactive ketones (excluding diaryl/α,β-unsaturated/α-hetero) is 2. The first-order chi connectivity index (χ1) is 7.63. The first-order valence-electron chi connectivity index (χ1n) is 4.58. The van der Waals surface area contributed by atoms with Gasteiger partial charge in [0, 0.05) is 5.02 Å². The minimum absolute atomic E-state index is 0.176. The Kier molecular flexibility index (Phi) is 2.75. The molecule has 0 saturated carbocycles. The summed E-state index contributed by atoms with van der Waals surface area (Å²) >= 11 is 5.74. The van der Waals surface area contributed by atoms with Crippen LogP contribution >= 0.6 is 11.6 Å². The number of carbonyl (C=O) groups excluding carboxylic acids is 3. The lowest BCUT2D eigenvalue weighted by molar-refractivity contribution is -0.126. The second-order valence-corrected chi connectivity index (χ2v) is 3.81. The number of halogens is 1. The zero-order valence-corrected chi connectivity index (χ0v) is 8.86. The number of benzene rings is 1. The molecule has 1 atom stereocenters. The number of ether oxygens (including phenoxy) is 1. The number of hydrogen-bond donors (Lipinski definition) is 0. The van der Waals surface area contributed by atoms with E-state index in [-0.39, 0.29) is 17.9 Å². The van der Waals surface area contributed by atoms with E-state index in [1.54, 1.807) is 6.07 Å². The van der Waals surface area contributed by atoms with Gasteiger partial charge in [0.15, 0.2) is 11.6 Å². The molecule has 1 aromatic rings. The van der Waals surface area contributed by atoms with E-state index in [1.807, 2.05) is 0 Å². The van der Waals surface area contributed by atoms with Crippen LogP contribution in [0.15, 0.2) is 18.2 Å². The highest BCUT2D eigenvalue weighted by Gasteiger charge is 2.32.